The average Bonchev–Trinajstić information content (AvgIpc) is 2.67. The molecule has 1 aromatic carbocycles. The standard InChI is InChI=1S/C11H11N3O3/c1-7-2-4-8(5-3-7)12-10(15)6-9-13-11(16)17-14-9/h2-5H,6H2,1H3,(H,12,15)(H,13,14,16). The molecule has 0 saturated heterocycles. The first-order chi connectivity index (χ1) is 8.13. The van der Waals surface area contributed by atoms with Crippen molar-refractivity contribution in [1.82, 2.24) is 10.1 Å². The third-order valence-electron chi connectivity index (χ3n) is 2.15. The van der Waals surface area contributed by atoms with Gasteiger partial charge in [-0.2, -0.15) is 0 Å². The van der Waals surface area contributed by atoms with Gasteiger partial charge in [-0.1, -0.05) is 22.9 Å². The maximum Gasteiger partial charge on any atom is 0.438 e. The van der Waals surface area contributed by atoms with E-state index in [1.807, 2.05) is 19.1 Å². The van der Waals surface area contributed by atoms with Gasteiger partial charge in [0.1, 0.15) is 0 Å². The first-order valence-electron chi connectivity index (χ1n) is 5.05. The minimum Gasteiger partial charge on any atom is -0.326 e. The van der Waals surface area contributed by atoms with Crippen LogP contribution in [0.4, 0.5) is 5.69 Å². The summed E-state index contributed by atoms with van der Waals surface area (Å²) in [7, 11) is 0. The van der Waals surface area contributed by atoms with Crippen molar-refractivity contribution in [2.24, 2.45) is 0 Å². The molecule has 2 rings (SSSR count). The molecule has 0 unspecified atom stereocenters. The van der Waals surface area contributed by atoms with Crippen molar-refractivity contribution < 1.29 is 9.32 Å². The normalized spacial score (nSPS) is 10.2. The zero-order valence-electron chi connectivity index (χ0n) is 9.19. The summed E-state index contributed by atoms with van der Waals surface area (Å²) in [6, 6.07) is 7.40. The van der Waals surface area contributed by atoms with Gasteiger partial charge >= 0.3 is 5.76 Å². The fraction of sp³-hybridized carbons (Fsp3) is 0.182. The fourth-order valence-electron chi connectivity index (χ4n) is 1.33. The summed E-state index contributed by atoms with van der Waals surface area (Å²) in [5, 5.41) is 6.09. The second-order valence-electron chi connectivity index (χ2n) is 3.63. The van der Waals surface area contributed by atoms with E-state index in [1.54, 1.807) is 12.1 Å². The van der Waals surface area contributed by atoms with E-state index in [4.69, 9.17) is 0 Å². The molecule has 0 fully saturated rings. The summed E-state index contributed by atoms with van der Waals surface area (Å²) in [5.41, 5.74) is 1.82. The molecule has 2 aromatic rings. The number of carbonyl (C=O) groups excluding carboxylic acids is 1. The van der Waals surface area contributed by atoms with Crippen LogP contribution in [0, 0.1) is 6.92 Å². The van der Waals surface area contributed by atoms with E-state index in [0.29, 0.717) is 5.69 Å². The highest BCUT2D eigenvalue weighted by Crippen LogP contribution is 2.08. The highest BCUT2D eigenvalue weighted by atomic mass is 16.5. The Bertz CT molecular complexity index is 568. The second-order valence-corrected chi connectivity index (χ2v) is 3.63. The fourth-order valence-corrected chi connectivity index (χ4v) is 1.33. The second kappa shape index (κ2) is 4.65. The number of rotatable bonds is 3. The molecule has 1 aromatic heterocycles. The molecule has 1 amide bonds. The summed E-state index contributed by atoms with van der Waals surface area (Å²) in [5.74, 6) is -0.721. The van der Waals surface area contributed by atoms with Crippen LogP contribution in [0.2, 0.25) is 0 Å². The number of hydrogen-bond acceptors (Lipinski definition) is 4. The lowest BCUT2D eigenvalue weighted by Gasteiger charge is -2.03. The van der Waals surface area contributed by atoms with Crippen LogP contribution in [0.1, 0.15) is 11.4 Å². The minimum atomic E-state index is -0.664. The number of carbonyl (C=O) groups is 1. The lowest BCUT2D eigenvalue weighted by atomic mass is 10.2. The Balaban J connectivity index is 1.97. The monoisotopic (exact) mass is 233 g/mol. The van der Waals surface area contributed by atoms with Crippen molar-refractivity contribution in [2.45, 2.75) is 13.3 Å². The lowest BCUT2D eigenvalue weighted by molar-refractivity contribution is -0.115. The molecule has 6 heteroatoms. The molecule has 0 spiro atoms. The van der Waals surface area contributed by atoms with Gasteiger partial charge in [-0.25, -0.2) is 4.79 Å². The molecule has 0 aliphatic heterocycles. The molecule has 2 N–H and O–H groups in total. The van der Waals surface area contributed by atoms with E-state index in [1.165, 1.54) is 0 Å². The largest absolute Gasteiger partial charge is 0.438 e. The molecule has 0 atom stereocenters. The molecule has 0 saturated carbocycles. The molecule has 0 radical (unpaired) electrons. The number of anilines is 1. The average molecular weight is 233 g/mol. The number of nitrogens with one attached hydrogen (secondary N) is 2. The van der Waals surface area contributed by atoms with Gasteiger partial charge in [0.2, 0.25) is 5.91 Å². The van der Waals surface area contributed by atoms with E-state index in [9.17, 15) is 9.59 Å². The number of H-pyrrole nitrogens is 1. The van der Waals surface area contributed by atoms with Gasteiger partial charge in [-0.3, -0.25) is 14.3 Å². The van der Waals surface area contributed by atoms with Crippen LogP contribution in [0.25, 0.3) is 0 Å². The van der Waals surface area contributed by atoms with E-state index < -0.39 is 5.76 Å². The molecule has 0 aliphatic carbocycles. The summed E-state index contributed by atoms with van der Waals surface area (Å²) >= 11 is 0. The molecule has 17 heavy (non-hydrogen) atoms. The zero-order valence-corrected chi connectivity index (χ0v) is 9.19. The molecular formula is C11H11N3O3. The Labute approximate surface area is 96.6 Å². The number of aromatic nitrogens is 2. The molecular weight excluding hydrogens is 222 g/mol. The summed E-state index contributed by atoms with van der Waals surface area (Å²) in [6.07, 6.45) is -0.0282. The Morgan fingerprint density at radius 3 is 2.71 bits per heavy atom. The lowest BCUT2D eigenvalue weighted by Crippen LogP contribution is -2.15. The van der Waals surface area contributed by atoms with Crippen molar-refractivity contribution in [3.63, 3.8) is 0 Å². The van der Waals surface area contributed by atoms with Crippen LogP contribution in [0.5, 0.6) is 0 Å². The summed E-state index contributed by atoms with van der Waals surface area (Å²) in [4.78, 5) is 24.5. The molecule has 0 aliphatic rings. The highest BCUT2D eigenvalue weighted by Gasteiger charge is 2.08. The van der Waals surface area contributed by atoms with Gasteiger partial charge in [-0.05, 0) is 19.1 Å². The minimum absolute atomic E-state index is 0.0282. The predicted octanol–water partition coefficient (Wildman–Crippen LogP) is 0.853. The number of nitrogens with zero attached hydrogens (tertiary/aromatic N) is 1. The van der Waals surface area contributed by atoms with Crippen molar-refractivity contribution in [3.05, 3.63) is 46.2 Å². The van der Waals surface area contributed by atoms with Crippen LogP contribution < -0.4 is 11.1 Å². The Hall–Kier alpha value is -2.37. The van der Waals surface area contributed by atoms with Crippen molar-refractivity contribution in [3.8, 4) is 0 Å². The third kappa shape index (κ3) is 3.04. The number of aryl methyl sites for hydroxylation is 1. The third-order valence-corrected chi connectivity index (χ3v) is 2.15. The van der Waals surface area contributed by atoms with E-state index in [0.717, 1.165) is 5.56 Å². The van der Waals surface area contributed by atoms with Crippen LogP contribution in [0.3, 0.4) is 0 Å². The van der Waals surface area contributed by atoms with Gasteiger partial charge in [-0.15, -0.1) is 0 Å². The molecule has 6 nitrogen and oxygen atoms in total. The topological polar surface area (TPSA) is 88.0 Å². The Kier molecular flexibility index (Phi) is 3.04. The first kappa shape index (κ1) is 11.1. The smallest absolute Gasteiger partial charge is 0.326 e. The summed E-state index contributed by atoms with van der Waals surface area (Å²) < 4.78 is 4.29. The maximum absolute atomic E-state index is 11.6. The number of hydrogen-bond donors (Lipinski definition) is 2. The number of aromatic amines is 1. The van der Waals surface area contributed by atoms with Gasteiger partial charge in [0.15, 0.2) is 5.82 Å². The number of benzene rings is 1. The highest BCUT2D eigenvalue weighted by molar-refractivity contribution is 5.91. The van der Waals surface area contributed by atoms with Crippen LogP contribution in [-0.2, 0) is 11.2 Å². The number of amides is 1. The van der Waals surface area contributed by atoms with Gasteiger partial charge < -0.3 is 5.32 Å². The van der Waals surface area contributed by atoms with Gasteiger partial charge in [0.25, 0.3) is 0 Å². The van der Waals surface area contributed by atoms with E-state index >= 15 is 0 Å². The molecule has 1 heterocycles. The van der Waals surface area contributed by atoms with Crippen LogP contribution in [0.15, 0.2) is 33.6 Å². The van der Waals surface area contributed by atoms with Gasteiger partial charge in [0, 0.05) is 5.69 Å². The van der Waals surface area contributed by atoms with Crippen molar-refractivity contribution >= 4 is 11.6 Å². The Morgan fingerprint density at radius 2 is 2.12 bits per heavy atom. The van der Waals surface area contributed by atoms with Crippen molar-refractivity contribution in [2.75, 3.05) is 5.32 Å². The Morgan fingerprint density at radius 1 is 1.41 bits per heavy atom. The van der Waals surface area contributed by atoms with Gasteiger partial charge in [0.05, 0.1) is 6.42 Å². The maximum atomic E-state index is 11.6. The molecule has 88 valence electrons. The van der Waals surface area contributed by atoms with E-state index in [2.05, 4.69) is 20.0 Å². The SMILES string of the molecule is Cc1ccc(NC(=O)Cc2noc(=O)[nH]2)cc1. The van der Waals surface area contributed by atoms with Crippen LogP contribution in [-0.4, -0.2) is 16.0 Å². The predicted molar refractivity (Wildman–Crippen MR) is 60.6 cm³/mol. The van der Waals surface area contributed by atoms with Crippen LogP contribution >= 0.6 is 0 Å². The quantitative estimate of drug-likeness (QED) is 0.822. The first-order valence-corrected chi connectivity index (χ1v) is 5.05. The summed E-state index contributed by atoms with van der Waals surface area (Å²) in [6.45, 7) is 1.96. The van der Waals surface area contributed by atoms with E-state index in [-0.39, 0.29) is 18.2 Å². The molecule has 0 bridgehead atoms. The zero-order chi connectivity index (χ0) is 12.3. The van der Waals surface area contributed by atoms with Crippen molar-refractivity contribution in [1.29, 1.82) is 0 Å².